The van der Waals surface area contributed by atoms with Crippen molar-refractivity contribution in [2.45, 2.75) is 19.4 Å². The van der Waals surface area contributed by atoms with E-state index >= 15 is 0 Å². The van der Waals surface area contributed by atoms with Crippen LogP contribution in [0.5, 0.6) is 0 Å². The molecular formula is C17H15FN4O2. The maximum Gasteiger partial charge on any atom is 0.414 e. The second kappa shape index (κ2) is 5.59. The zero-order valence-electron chi connectivity index (χ0n) is 13.0. The Kier molecular flexibility index (Phi) is 3.41. The van der Waals surface area contributed by atoms with Crippen molar-refractivity contribution in [2.75, 3.05) is 11.4 Å². The Morgan fingerprint density at radius 2 is 2.21 bits per heavy atom. The number of cyclic esters (lactones) is 1. The van der Waals surface area contributed by atoms with E-state index in [1.165, 1.54) is 11.0 Å². The first-order valence-electron chi connectivity index (χ1n) is 7.73. The maximum atomic E-state index is 14.6. The van der Waals surface area contributed by atoms with Crippen molar-refractivity contribution >= 4 is 17.4 Å². The lowest BCUT2D eigenvalue weighted by Gasteiger charge is -2.14. The van der Waals surface area contributed by atoms with Crippen LogP contribution in [0.4, 0.5) is 14.9 Å². The fourth-order valence-electron chi connectivity index (χ4n) is 2.84. The van der Waals surface area contributed by atoms with Gasteiger partial charge >= 0.3 is 6.09 Å². The minimum Gasteiger partial charge on any atom is -0.444 e. The van der Waals surface area contributed by atoms with Crippen LogP contribution in [-0.4, -0.2) is 33.3 Å². The number of anilines is 1. The van der Waals surface area contributed by atoms with E-state index in [0.29, 0.717) is 29.0 Å². The highest BCUT2D eigenvalue weighted by Crippen LogP contribution is 2.29. The molecule has 3 heterocycles. The molecule has 1 amide bonds. The lowest BCUT2D eigenvalue weighted by Crippen LogP contribution is -2.24. The molecule has 0 N–H and O–H groups in total. The highest BCUT2D eigenvalue weighted by Gasteiger charge is 2.31. The molecule has 24 heavy (non-hydrogen) atoms. The summed E-state index contributed by atoms with van der Waals surface area (Å²) >= 11 is 0. The van der Waals surface area contributed by atoms with Gasteiger partial charge < -0.3 is 4.74 Å². The van der Waals surface area contributed by atoms with Crippen molar-refractivity contribution in [2.24, 2.45) is 0 Å². The average molecular weight is 326 g/mol. The first kappa shape index (κ1) is 14.6. The van der Waals surface area contributed by atoms with E-state index in [1.54, 1.807) is 41.2 Å². The Morgan fingerprint density at radius 1 is 1.33 bits per heavy atom. The van der Waals surface area contributed by atoms with Gasteiger partial charge in [0.25, 0.3) is 0 Å². The number of amides is 1. The summed E-state index contributed by atoms with van der Waals surface area (Å²) in [4.78, 5) is 13.4. The van der Waals surface area contributed by atoms with Gasteiger partial charge in [0.2, 0.25) is 0 Å². The number of carbonyl (C=O) groups excluding carboxylic acids is 1. The van der Waals surface area contributed by atoms with E-state index in [1.807, 2.05) is 6.92 Å². The molecule has 3 aromatic rings. The third-order valence-electron chi connectivity index (χ3n) is 4.20. The van der Waals surface area contributed by atoms with Crippen molar-refractivity contribution in [3.05, 3.63) is 48.7 Å². The second-order valence-electron chi connectivity index (χ2n) is 5.70. The number of rotatable bonds is 3. The maximum absolute atomic E-state index is 14.6. The summed E-state index contributed by atoms with van der Waals surface area (Å²) in [7, 11) is 0. The van der Waals surface area contributed by atoms with E-state index in [9.17, 15) is 9.18 Å². The number of pyridine rings is 1. The molecule has 122 valence electrons. The zero-order valence-corrected chi connectivity index (χ0v) is 13.0. The lowest BCUT2D eigenvalue weighted by atomic mass is 10.1. The quantitative estimate of drug-likeness (QED) is 0.741. The number of hydrogen-bond acceptors (Lipinski definition) is 4. The van der Waals surface area contributed by atoms with Gasteiger partial charge in [-0.1, -0.05) is 6.92 Å². The van der Waals surface area contributed by atoms with Gasteiger partial charge in [-0.25, -0.2) is 9.18 Å². The van der Waals surface area contributed by atoms with Gasteiger partial charge in [-0.3, -0.25) is 9.30 Å². The van der Waals surface area contributed by atoms with Crippen LogP contribution in [0.15, 0.2) is 42.9 Å². The van der Waals surface area contributed by atoms with Crippen molar-refractivity contribution < 1.29 is 13.9 Å². The van der Waals surface area contributed by atoms with Crippen LogP contribution in [-0.2, 0) is 4.74 Å². The Labute approximate surface area is 137 Å². The number of fused-ring (bicyclic) bond motifs is 1. The van der Waals surface area contributed by atoms with Gasteiger partial charge in [0.1, 0.15) is 18.2 Å². The van der Waals surface area contributed by atoms with Gasteiger partial charge in [0.15, 0.2) is 5.65 Å². The van der Waals surface area contributed by atoms with Crippen LogP contribution in [0.2, 0.25) is 0 Å². The third kappa shape index (κ3) is 2.38. The van der Waals surface area contributed by atoms with E-state index in [4.69, 9.17) is 4.74 Å². The molecule has 1 unspecified atom stereocenters. The Bertz CT molecular complexity index is 924. The van der Waals surface area contributed by atoms with Crippen LogP contribution >= 0.6 is 0 Å². The van der Waals surface area contributed by atoms with Crippen LogP contribution in [0.25, 0.3) is 16.8 Å². The molecule has 1 aliphatic rings. The van der Waals surface area contributed by atoms with Crippen LogP contribution in [0.3, 0.4) is 0 Å². The molecule has 0 saturated carbocycles. The molecule has 2 aromatic heterocycles. The molecule has 1 saturated heterocycles. The van der Waals surface area contributed by atoms with Crippen LogP contribution in [0, 0.1) is 5.82 Å². The number of benzene rings is 1. The number of hydrogen-bond donors (Lipinski definition) is 0. The predicted molar refractivity (Wildman–Crippen MR) is 86.3 cm³/mol. The van der Waals surface area contributed by atoms with Crippen molar-refractivity contribution in [3.63, 3.8) is 0 Å². The number of nitrogens with zero attached hydrogens (tertiary/aromatic N) is 4. The number of halogens is 1. The van der Waals surface area contributed by atoms with E-state index < -0.39 is 11.9 Å². The SMILES string of the molecule is CCC1CN(c2ccc(-c3ccc4nncn4c3)c(F)c2)C(=O)O1. The van der Waals surface area contributed by atoms with Crippen molar-refractivity contribution in [1.29, 1.82) is 0 Å². The topological polar surface area (TPSA) is 59.7 Å². The molecule has 0 radical (unpaired) electrons. The van der Waals surface area contributed by atoms with Crippen molar-refractivity contribution in [1.82, 2.24) is 14.6 Å². The normalized spacial score (nSPS) is 17.5. The fourth-order valence-corrected chi connectivity index (χ4v) is 2.84. The number of aromatic nitrogens is 3. The lowest BCUT2D eigenvalue weighted by molar-refractivity contribution is 0.139. The van der Waals surface area contributed by atoms with Crippen LogP contribution in [0.1, 0.15) is 13.3 Å². The summed E-state index contributed by atoms with van der Waals surface area (Å²) in [5, 5.41) is 7.74. The van der Waals surface area contributed by atoms with Gasteiger partial charge in [0.05, 0.1) is 12.2 Å². The second-order valence-corrected chi connectivity index (χ2v) is 5.70. The van der Waals surface area contributed by atoms with Gasteiger partial charge in [-0.05, 0) is 36.8 Å². The molecule has 4 rings (SSSR count). The molecule has 0 spiro atoms. The molecule has 1 fully saturated rings. The molecule has 1 atom stereocenters. The Hall–Kier alpha value is -2.96. The summed E-state index contributed by atoms with van der Waals surface area (Å²) in [6, 6.07) is 8.33. The largest absolute Gasteiger partial charge is 0.444 e. The highest BCUT2D eigenvalue weighted by molar-refractivity contribution is 5.90. The fraction of sp³-hybridized carbons (Fsp3) is 0.235. The number of carbonyl (C=O) groups is 1. The van der Waals surface area contributed by atoms with Gasteiger partial charge in [-0.15, -0.1) is 10.2 Å². The summed E-state index contributed by atoms with van der Waals surface area (Å²) in [6.45, 7) is 2.40. The van der Waals surface area contributed by atoms with E-state index in [2.05, 4.69) is 10.2 Å². The standard InChI is InChI=1S/C17H15FN4O2/c1-2-13-9-22(17(23)24-13)12-4-5-14(15(18)7-12)11-3-6-16-20-19-10-21(16)8-11/h3-8,10,13H,2,9H2,1H3. The molecule has 0 aliphatic carbocycles. The number of ether oxygens (including phenoxy) is 1. The smallest absolute Gasteiger partial charge is 0.414 e. The third-order valence-corrected chi connectivity index (χ3v) is 4.20. The molecule has 1 aromatic carbocycles. The minimum atomic E-state index is -0.431. The minimum absolute atomic E-state index is 0.142. The molecule has 7 heteroatoms. The Morgan fingerprint density at radius 3 is 2.96 bits per heavy atom. The molecule has 1 aliphatic heterocycles. The van der Waals surface area contributed by atoms with Crippen molar-refractivity contribution in [3.8, 4) is 11.1 Å². The monoisotopic (exact) mass is 326 g/mol. The summed E-state index contributed by atoms with van der Waals surface area (Å²) < 4.78 is 21.5. The first-order valence-corrected chi connectivity index (χ1v) is 7.73. The first-order chi connectivity index (χ1) is 11.7. The Balaban J connectivity index is 1.68. The molecule has 6 nitrogen and oxygen atoms in total. The molecule has 0 bridgehead atoms. The van der Waals surface area contributed by atoms with Crippen LogP contribution < -0.4 is 4.90 Å². The zero-order chi connectivity index (χ0) is 16.7. The van der Waals surface area contributed by atoms with E-state index in [0.717, 1.165) is 6.42 Å². The summed E-state index contributed by atoms with van der Waals surface area (Å²) in [6.07, 6.45) is 3.50. The molecular weight excluding hydrogens is 311 g/mol. The predicted octanol–water partition coefficient (Wildman–Crippen LogP) is 3.27. The van der Waals surface area contributed by atoms with Gasteiger partial charge in [-0.2, -0.15) is 0 Å². The average Bonchev–Trinajstić information content (AvgIpc) is 3.20. The summed E-state index contributed by atoms with van der Waals surface area (Å²) in [5.41, 5.74) is 2.36. The van der Waals surface area contributed by atoms with E-state index in [-0.39, 0.29) is 6.10 Å². The highest BCUT2D eigenvalue weighted by atomic mass is 19.1. The van der Waals surface area contributed by atoms with Gasteiger partial charge in [0, 0.05) is 17.3 Å². The summed E-state index contributed by atoms with van der Waals surface area (Å²) in [5.74, 6) is -0.396.